The zero-order chi connectivity index (χ0) is 10.6. The Kier molecular flexibility index (Phi) is 4.16. The van der Waals surface area contributed by atoms with Crippen molar-refractivity contribution < 1.29 is 9.90 Å². The molecule has 14 heavy (non-hydrogen) atoms. The van der Waals surface area contributed by atoms with Crippen molar-refractivity contribution in [1.82, 2.24) is 9.80 Å². The van der Waals surface area contributed by atoms with E-state index in [0.29, 0.717) is 25.7 Å². The highest BCUT2D eigenvalue weighted by Crippen LogP contribution is 2.09. The van der Waals surface area contributed by atoms with Gasteiger partial charge in [-0.05, 0) is 26.4 Å². The van der Waals surface area contributed by atoms with Crippen LogP contribution in [0.5, 0.6) is 0 Å². The Morgan fingerprint density at radius 1 is 1.57 bits per heavy atom. The molecule has 82 valence electrons. The van der Waals surface area contributed by atoms with Gasteiger partial charge in [-0.15, -0.1) is 0 Å². The number of carbonyl (C=O) groups is 1. The highest BCUT2D eigenvalue weighted by Gasteiger charge is 2.25. The number of amides is 1. The van der Waals surface area contributed by atoms with E-state index in [1.165, 1.54) is 4.90 Å². The van der Waals surface area contributed by atoms with Gasteiger partial charge in [0, 0.05) is 25.7 Å². The number of hydrogen-bond acceptors (Lipinski definition) is 3. The predicted octanol–water partition coefficient (Wildman–Crippen LogP) is 0.0193. The molecule has 0 aliphatic carbocycles. The summed E-state index contributed by atoms with van der Waals surface area (Å²) in [4.78, 5) is 14.5. The third-order valence-electron chi connectivity index (χ3n) is 2.69. The standard InChI is InChI=1S/C9H19N3O2/c1-8-7-12(9(13)14)6-5-11(8)4-2-3-10/h8H,2-7,10H2,1H3,(H,13,14)/t8-/m0/s1. The van der Waals surface area contributed by atoms with Crippen LogP contribution in [0.15, 0.2) is 0 Å². The lowest BCUT2D eigenvalue weighted by Crippen LogP contribution is -2.53. The minimum absolute atomic E-state index is 0.311. The molecular weight excluding hydrogens is 182 g/mol. The largest absolute Gasteiger partial charge is 0.465 e. The smallest absolute Gasteiger partial charge is 0.407 e. The average molecular weight is 201 g/mol. The van der Waals surface area contributed by atoms with Crippen molar-refractivity contribution >= 4 is 6.09 Å². The summed E-state index contributed by atoms with van der Waals surface area (Å²) >= 11 is 0. The van der Waals surface area contributed by atoms with Gasteiger partial charge < -0.3 is 15.7 Å². The summed E-state index contributed by atoms with van der Waals surface area (Å²) < 4.78 is 0. The van der Waals surface area contributed by atoms with Crippen LogP contribution in [0.4, 0.5) is 4.79 Å². The highest BCUT2D eigenvalue weighted by molar-refractivity contribution is 5.65. The normalized spacial score (nSPS) is 23.9. The molecule has 1 saturated heterocycles. The van der Waals surface area contributed by atoms with Crippen molar-refractivity contribution in [2.45, 2.75) is 19.4 Å². The molecule has 0 bridgehead atoms. The van der Waals surface area contributed by atoms with Crippen molar-refractivity contribution in [2.24, 2.45) is 5.73 Å². The van der Waals surface area contributed by atoms with E-state index in [1.807, 2.05) is 0 Å². The molecule has 0 saturated carbocycles. The van der Waals surface area contributed by atoms with Crippen LogP contribution in [-0.4, -0.2) is 59.8 Å². The van der Waals surface area contributed by atoms with Crippen LogP contribution in [0.1, 0.15) is 13.3 Å². The number of rotatable bonds is 3. The summed E-state index contributed by atoms with van der Waals surface area (Å²) in [5, 5.41) is 8.81. The third-order valence-corrected chi connectivity index (χ3v) is 2.69. The minimum atomic E-state index is -0.810. The molecule has 5 nitrogen and oxygen atoms in total. The van der Waals surface area contributed by atoms with E-state index < -0.39 is 6.09 Å². The quantitative estimate of drug-likeness (QED) is 0.675. The summed E-state index contributed by atoms with van der Waals surface area (Å²) in [7, 11) is 0. The Morgan fingerprint density at radius 3 is 2.79 bits per heavy atom. The molecule has 0 unspecified atom stereocenters. The molecule has 0 aromatic heterocycles. The van der Waals surface area contributed by atoms with Gasteiger partial charge in [-0.2, -0.15) is 0 Å². The lowest BCUT2D eigenvalue weighted by Gasteiger charge is -2.38. The maximum absolute atomic E-state index is 10.7. The fourth-order valence-corrected chi connectivity index (χ4v) is 1.80. The van der Waals surface area contributed by atoms with E-state index in [0.717, 1.165) is 19.5 Å². The zero-order valence-corrected chi connectivity index (χ0v) is 8.65. The summed E-state index contributed by atoms with van der Waals surface area (Å²) in [6, 6.07) is 0.311. The van der Waals surface area contributed by atoms with Crippen LogP contribution in [0.2, 0.25) is 0 Å². The average Bonchev–Trinajstić information content (AvgIpc) is 2.15. The van der Waals surface area contributed by atoms with Crippen LogP contribution in [0.3, 0.4) is 0 Å². The Labute approximate surface area is 84.5 Å². The molecule has 1 rings (SSSR count). The number of carboxylic acid groups (broad SMARTS) is 1. The first-order valence-corrected chi connectivity index (χ1v) is 5.07. The maximum Gasteiger partial charge on any atom is 0.407 e. The van der Waals surface area contributed by atoms with Gasteiger partial charge in [0.25, 0.3) is 0 Å². The molecule has 1 aliphatic rings. The Hall–Kier alpha value is -0.810. The summed E-state index contributed by atoms with van der Waals surface area (Å²) in [5.41, 5.74) is 5.44. The molecule has 0 aromatic rings. The van der Waals surface area contributed by atoms with Crippen LogP contribution in [-0.2, 0) is 0 Å². The van der Waals surface area contributed by atoms with Crippen molar-refractivity contribution in [3.63, 3.8) is 0 Å². The molecule has 1 amide bonds. The van der Waals surface area contributed by atoms with E-state index in [2.05, 4.69) is 11.8 Å². The zero-order valence-electron chi connectivity index (χ0n) is 8.65. The Morgan fingerprint density at radius 2 is 2.29 bits per heavy atom. The molecule has 5 heteroatoms. The second-order valence-electron chi connectivity index (χ2n) is 3.76. The topological polar surface area (TPSA) is 69.8 Å². The minimum Gasteiger partial charge on any atom is -0.465 e. The lowest BCUT2D eigenvalue weighted by atomic mass is 10.2. The van der Waals surface area contributed by atoms with E-state index >= 15 is 0 Å². The Balaban J connectivity index is 2.35. The van der Waals surface area contributed by atoms with E-state index in [1.54, 1.807) is 0 Å². The van der Waals surface area contributed by atoms with Gasteiger partial charge in [0.15, 0.2) is 0 Å². The van der Waals surface area contributed by atoms with Gasteiger partial charge in [0.1, 0.15) is 0 Å². The first kappa shape index (κ1) is 11.3. The fourth-order valence-electron chi connectivity index (χ4n) is 1.80. The van der Waals surface area contributed by atoms with E-state index in [-0.39, 0.29) is 0 Å². The molecule has 0 aromatic carbocycles. The number of hydrogen-bond donors (Lipinski definition) is 2. The monoisotopic (exact) mass is 201 g/mol. The third kappa shape index (κ3) is 2.85. The Bertz CT molecular complexity index is 198. The number of nitrogens with zero attached hydrogens (tertiary/aromatic N) is 2. The molecule has 0 spiro atoms. The van der Waals surface area contributed by atoms with Gasteiger partial charge in [0.05, 0.1) is 0 Å². The van der Waals surface area contributed by atoms with Crippen molar-refractivity contribution in [3.8, 4) is 0 Å². The van der Waals surface area contributed by atoms with Crippen LogP contribution in [0.25, 0.3) is 0 Å². The molecule has 1 heterocycles. The number of piperazine rings is 1. The summed E-state index contributed by atoms with van der Waals surface area (Å²) in [5.74, 6) is 0. The second-order valence-corrected chi connectivity index (χ2v) is 3.76. The molecule has 1 fully saturated rings. The van der Waals surface area contributed by atoms with Crippen LogP contribution < -0.4 is 5.73 Å². The van der Waals surface area contributed by atoms with Gasteiger partial charge in [0.2, 0.25) is 0 Å². The van der Waals surface area contributed by atoms with Gasteiger partial charge in [-0.3, -0.25) is 4.90 Å². The van der Waals surface area contributed by atoms with Gasteiger partial charge in [-0.1, -0.05) is 0 Å². The highest BCUT2D eigenvalue weighted by atomic mass is 16.4. The first-order valence-electron chi connectivity index (χ1n) is 5.07. The van der Waals surface area contributed by atoms with Gasteiger partial charge >= 0.3 is 6.09 Å². The fraction of sp³-hybridized carbons (Fsp3) is 0.889. The summed E-state index contributed by atoms with van der Waals surface area (Å²) in [6.07, 6.45) is 0.174. The second kappa shape index (κ2) is 5.17. The molecule has 1 atom stereocenters. The van der Waals surface area contributed by atoms with Crippen LogP contribution in [0, 0.1) is 0 Å². The van der Waals surface area contributed by atoms with Crippen LogP contribution >= 0.6 is 0 Å². The lowest BCUT2D eigenvalue weighted by molar-refractivity contribution is 0.0751. The first-order chi connectivity index (χ1) is 6.65. The SMILES string of the molecule is C[C@H]1CN(C(=O)O)CCN1CCCN. The predicted molar refractivity (Wildman–Crippen MR) is 54.3 cm³/mol. The molecule has 3 N–H and O–H groups in total. The molecular formula is C9H19N3O2. The molecule has 1 aliphatic heterocycles. The van der Waals surface area contributed by atoms with Crippen molar-refractivity contribution in [3.05, 3.63) is 0 Å². The van der Waals surface area contributed by atoms with E-state index in [9.17, 15) is 4.79 Å². The van der Waals surface area contributed by atoms with Gasteiger partial charge in [-0.25, -0.2) is 4.79 Å². The van der Waals surface area contributed by atoms with Crippen molar-refractivity contribution in [2.75, 3.05) is 32.7 Å². The van der Waals surface area contributed by atoms with E-state index in [4.69, 9.17) is 10.8 Å². The maximum atomic E-state index is 10.7. The number of nitrogens with two attached hydrogens (primary N) is 1. The van der Waals surface area contributed by atoms with Crippen molar-refractivity contribution in [1.29, 1.82) is 0 Å². The summed E-state index contributed by atoms with van der Waals surface area (Å²) in [6.45, 7) is 5.79. The molecule has 0 radical (unpaired) electrons.